The summed E-state index contributed by atoms with van der Waals surface area (Å²) in [7, 11) is -3.45. The van der Waals surface area contributed by atoms with Crippen molar-refractivity contribution in [2.45, 2.75) is 38.8 Å². The molecule has 1 atom stereocenters. The summed E-state index contributed by atoms with van der Waals surface area (Å²) in [5.41, 5.74) is 0.692. The summed E-state index contributed by atoms with van der Waals surface area (Å²) in [6.07, 6.45) is 1.57. The summed E-state index contributed by atoms with van der Waals surface area (Å²) in [6.45, 7) is 1.91. The normalized spacial score (nSPS) is 17.9. The van der Waals surface area contributed by atoms with Crippen LogP contribution in [0.25, 0.3) is 11.5 Å². The average Bonchev–Trinajstić information content (AvgIpc) is 3.30. The van der Waals surface area contributed by atoms with Crippen molar-refractivity contribution in [2.24, 2.45) is 0 Å². The van der Waals surface area contributed by atoms with E-state index < -0.39 is 22.0 Å². The van der Waals surface area contributed by atoms with Crippen molar-refractivity contribution in [1.82, 2.24) is 14.5 Å². The number of nitrogens with zero attached hydrogens (tertiary/aromatic N) is 3. The smallest absolute Gasteiger partial charge is 0.324 e. The van der Waals surface area contributed by atoms with Gasteiger partial charge in [-0.2, -0.15) is 4.31 Å². The highest BCUT2D eigenvalue weighted by atomic mass is 35.5. The zero-order valence-corrected chi connectivity index (χ0v) is 16.4. The lowest BCUT2D eigenvalue weighted by Crippen LogP contribution is -2.42. The molecular weight excluding hydrogens is 394 g/mol. The van der Waals surface area contributed by atoms with E-state index >= 15 is 0 Å². The maximum absolute atomic E-state index is 12.4. The van der Waals surface area contributed by atoms with Crippen molar-refractivity contribution in [3.63, 3.8) is 0 Å². The fourth-order valence-corrected chi connectivity index (χ4v) is 4.80. The number of rotatable bonds is 7. The Labute approximate surface area is 162 Å². The van der Waals surface area contributed by atoms with Gasteiger partial charge in [0.15, 0.2) is 6.61 Å². The topological polar surface area (TPSA) is 103 Å². The molecule has 0 amide bonds. The molecule has 0 saturated carbocycles. The van der Waals surface area contributed by atoms with Crippen molar-refractivity contribution in [3.05, 3.63) is 35.2 Å². The van der Waals surface area contributed by atoms with Crippen molar-refractivity contribution < 1.29 is 22.4 Å². The van der Waals surface area contributed by atoms with E-state index in [0.29, 0.717) is 36.4 Å². The molecule has 3 rings (SSSR count). The lowest BCUT2D eigenvalue weighted by Gasteiger charge is -2.22. The van der Waals surface area contributed by atoms with Crippen LogP contribution in [0.15, 0.2) is 28.7 Å². The summed E-state index contributed by atoms with van der Waals surface area (Å²) in [5, 5.41) is 8.35. The molecule has 1 aromatic heterocycles. The largest absolute Gasteiger partial charge is 0.454 e. The van der Waals surface area contributed by atoms with Gasteiger partial charge in [-0.1, -0.05) is 18.5 Å². The Balaban J connectivity index is 1.61. The second-order valence-corrected chi connectivity index (χ2v) is 8.68. The number of esters is 1. The number of benzene rings is 1. The molecule has 1 unspecified atom stereocenters. The molecule has 1 aromatic carbocycles. The van der Waals surface area contributed by atoms with Gasteiger partial charge in [-0.3, -0.25) is 4.79 Å². The molecule has 27 heavy (non-hydrogen) atoms. The first kappa shape index (κ1) is 19.8. The predicted octanol–water partition coefficient (Wildman–Crippen LogP) is 2.64. The van der Waals surface area contributed by atoms with Gasteiger partial charge < -0.3 is 9.15 Å². The van der Waals surface area contributed by atoms with Crippen LogP contribution in [0.1, 0.15) is 32.1 Å². The van der Waals surface area contributed by atoms with Crippen LogP contribution in [0.5, 0.6) is 0 Å². The Morgan fingerprint density at radius 1 is 1.33 bits per heavy atom. The molecule has 0 spiro atoms. The van der Waals surface area contributed by atoms with Crippen molar-refractivity contribution in [1.29, 1.82) is 0 Å². The predicted molar refractivity (Wildman–Crippen MR) is 98.3 cm³/mol. The molecule has 8 nitrogen and oxygen atoms in total. The third-order valence-electron chi connectivity index (χ3n) is 4.19. The van der Waals surface area contributed by atoms with Gasteiger partial charge in [0.25, 0.3) is 5.89 Å². The van der Waals surface area contributed by atoms with Gasteiger partial charge in [0.1, 0.15) is 6.04 Å². The first-order chi connectivity index (χ1) is 12.9. The van der Waals surface area contributed by atoms with Crippen LogP contribution in [0.2, 0.25) is 5.02 Å². The van der Waals surface area contributed by atoms with E-state index in [-0.39, 0.29) is 24.1 Å². The minimum Gasteiger partial charge on any atom is -0.454 e. The maximum Gasteiger partial charge on any atom is 0.324 e. The van der Waals surface area contributed by atoms with Crippen LogP contribution in [0.4, 0.5) is 0 Å². The van der Waals surface area contributed by atoms with Crippen LogP contribution in [-0.2, 0) is 26.2 Å². The summed E-state index contributed by atoms with van der Waals surface area (Å²) in [5.74, 6) is -0.163. The van der Waals surface area contributed by atoms with Crippen LogP contribution >= 0.6 is 11.6 Å². The van der Waals surface area contributed by atoms with Gasteiger partial charge in [0, 0.05) is 17.1 Å². The zero-order chi connectivity index (χ0) is 19.4. The van der Waals surface area contributed by atoms with Gasteiger partial charge in [0.2, 0.25) is 15.9 Å². The minimum absolute atomic E-state index is 0.0187. The van der Waals surface area contributed by atoms with Gasteiger partial charge in [-0.25, -0.2) is 8.42 Å². The molecule has 0 radical (unpaired) electrons. The van der Waals surface area contributed by atoms with E-state index in [1.807, 2.05) is 0 Å². The Bertz CT molecular complexity index is 898. The summed E-state index contributed by atoms with van der Waals surface area (Å²) >= 11 is 5.84. The number of halogens is 1. The van der Waals surface area contributed by atoms with E-state index in [2.05, 4.69) is 10.2 Å². The lowest BCUT2D eigenvalue weighted by atomic mass is 10.2. The monoisotopic (exact) mass is 413 g/mol. The van der Waals surface area contributed by atoms with Gasteiger partial charge in [-0.05, 0) is 43.5 Å². The Morgan fingerprint density at radius 3 is 2.78 bits per heavy atom. The Hall–Kier alpha value is -1.97. The van der Waals surface area contributed by atoms with Crippen LogP contribution in [-0.4, -0.2) is 47.2 Å². The molecule has 1 aliphatic heterocycles. The molecule has 0 N–H and O–H groups in total. The van der Waals surface area contributed by atoms with Crippen molar-refractivity contribution in [3.8, 4) is 11.5 Å². The molecule has 2 aromatic rings. The number of ether oxygens (including phenoxy) is 1. The second-order valence-electron chi connectivity index (χ2n) is 6.20. The molecule has 10 heteroatoms. The summed E-state index contributed by atoms with van der Waals surface area (Å²) < 4.78 is 36.5. The van der Waals surface area contributed by atoms with Crippen molar-refractivity contribution >= 4 is 27.6 Å². The van der Waals surface area contributed by atoms with E-state index in [1.54, 1.807) is 31.2 Å². The van der Waals surface area contributed by atoms with Crippen LogP contribution in [0, 0.1) is 0 Å². The number of carbonyl (C=O) groups excluding carboxylic acids is 1. The first-order valence-electron chi connectivity index (χ1n) is 8.65. The fraction of sp³-hybridized carbons (Fsp3) is 0.471. The Kier molecular flexibility index (Phi) is 6.13. The van der Waals surface area contributed by atoms with Gasteiger partial charge >= 0.3 is 5.97 Å². The van der Waals surface area contributed by atoms with Crippen molar-refractivity contribution in [2.75, 3.05) is 12.3 Å². The number of hydrogen-bond donors (Lipinski definition) is 0. The zero-order valence-electron chi connectivity index (χ0n) is 14.8. The van der Waals surface area contributed by atoms with E-state index in [9.17, 15) is 13.2 Å². The van der Waals surface area contributed by atoms with E-state index in [4.69, 9.17) is 20.8 Å². The average molecular weight is 414 g/mol. The highest BCUT2D eigenvalue weighted by molar-refractivity contribution is 7.89. The maximum atomic E-state index is 12.4. The molecule has 1 saturated heterocycles. The SMILES string of the molecule is CCCS(=O)(=O)N1CCCC1C(=O)OCc1nnc(-c2ccc(Cl)cc2)o1. The molecule has 2 heterocycles. The number of hydrogen-bond acceptors (Lipinski definition) is 7. The third-order valence-corrected chi connectivity index (χ3v) is 6.52. The van der Waals surface area contributed by atoms with Gasteiger partial charge in [0.05, 0.1) is 5.75 Å². The first-order valence-corrected chi connectivity index (χ1v) is 10.6. The molecule has 0 bridgehead atoms. The fourth-order valence-electron chi connectivity index (χ4n) is 2.93. The number of sulfonamides is 1. The second kappa shape index (κ2) is 8.37. The van der Waals surface area contributed by atoms with E-state index in [1.165, 1.54) is 4.31 Å². The quantitative estimate of drug-likeness (QED) is 0.642. The molecule has 1 fully saturated rings. The van der Waals surface area contributed by atoms with Crippen LogP contribution in [0.3, 0.4) is 0 Å². The molecule has 1 aliphatic rings. The van der Waals surface area contributed by atoms with Gasteiger partial charge in [-0.15, -0.1) is 10.2 Å². The highest BCUT2D eigenvalue weighted by Gasteiger charge is 2.39. The standard InChI is InChI=1S/C17H20ClN3O5S/c1-2-10-27(23,24)21-9-3-4-14(21)17(22)25-11-15-19-20-16(26-15)12-5-7-13(18)8-6-12/h5-8,14H,2-4,9-11H2,1H3. The Morgan fingerprint density at radius 2 is 2.07 bits per heavy atom. The minimum atomic E-state index is -3.45. The number of carbonyl (C=O) groups is 1. The summed E-state index contributed by atoms with van der Waals surface area (Å²) in [6, 6.07) is 6.08. The number of aromatic nitrogens is 2. The molecule has 0 aliphatic carbocycles. The summed E-state index contributed by atoms with van der Waals surface area (Å²) in [4.78, 5) is 12.4. The van der Waals surface area contributed by atoms with E-state index in [0.717, 1.165) is 0 Å². The highest BCUT2D eigenvalue weighted by Crippen LogP contribution is 2.24. The van der Waals surface area contributed by atoms with Crippen LogP contribution < -0.4 is 0 Å². The molecule has 146 valence electrons. The molecular formula is C17H20ClN3O5S. The lowest BCUT2D eigenvalue weighted by molar-refractivity contribution is -0.149. The third kappa shape index (κ3) is 4.66.